The quantitative estimate of drug-likeness (QED) is 0.399. The van der Waals surface area contributed by atoms with Crippen LogP contribution in [0.2, 0.25) is 0 Å². The number of rotatable bonds is 11. The first kappa shape index (κ1) is 26.6. The summed E-state index contributed by atoms with van der Waals surface area (Å²) in [6, 6.07) is 6.13. The highest BCUT2D eigenvalue weighted by Gasteiger charge is 2.23. The number of aliphatic hydroxyl groups excluding tert-OH is 3. The topological polar surface area (TPSA) is 111 Å². The second kappa shape index (κ2) is 12.0. The largest absolute Gasteiger partial charge is 0.481 e. The van der Waals surface area contributed by atoms with Crippen LogP contribution < -0.4 is 0 Å². The maximum absolute atomic E-state index is 13.7. The number of carbonyl (C=O) groups is 1. The fourth-order valence-corrected chi connectivity index (χ4v) is 3.92. The molecular weight excluding hydrogens is 425 g/mol. The first-order valence-corrected chi connectivity index (χ1v) is 11.2. The minimum absolute atomic E-state index is 0.0410. The molecule has 1 aromatic carbocycles. The highest BCUT2D eigenvalue weighted by molar-refractivity contribution is 5.80. The van der Waals surface area contributed by atoms with Gasteiger partial charge in [0.1, 0.15) is 5.82 Å². The summed E-state index contributed by atoms with van der Waals surface area (Å²) in [6.45, 7) is 8.01. The minimum atomic E-state index is -1.17. The molecular formula is C26H34FNO5. The molecule has 1 heterocycles. The Morgan fingerprint density at radius 2 is 1.67 bits per heavy atom. The number of nitrogens with zero attached hydrogens (tertiary/aromatic N) is 1. The number of hydrogen-bond donors (Lipinski definition) is 4. The van der Waals surface area contributed by atoms with E-state index in [1.165, 1.54) is 18.2 Å². The van der Waals surface area contributed by atoms with Gasteiger partial charge in [-0.3, -0.25) is 9.78 Å². The molecule has 0 saturated carbocycles. The number of hydrogen-bond acceptors (Lipinski definition) is 5. The van der Waals surface area contributed by atoms with E-state index in [-0.39, 0.29) is 30.7 Å². The lowest BCUT2D eigenvalue weighted by Crippen LogP contribution is -2.19. The van der Waals surface area contributed by atoms with E-state index >= 15 is 0 Å². The second-order valence-electron chi connectivity index (χ2n) is 8.85. The molecule has 0 radical (unpaired) electrons. The van der Waals surface area contributed by atoms with E-state index in [9.17, 15) is 24.5 Å². The van der Waals surface area contributed by atoms with Crippen molar-refractivity contribution < 1.29 is 29.6 Å². The molecule has 4 N–H and O–H groups in total. The number of aliphatic carboxylic acids is 1. The van der Waals surface area contributed by atoms with E-state index in [2.05, 4.69) is 0 Å². The molecule has 0 saturated heterocycles. The molecule has 2 aromatic rings. The van der Waals surface area contributed by atoms with E-state index in [0.29, 0.717) is 6.42 Å². The third kappa shape index (κ3) is 7.19. The van der Waals surface area contributed by atoms with Gasteiger partial charge in [-0.25, -0.2) is 4.39 Å². The van der Waals surface area contributed by atoms with E-state index in [0.717, 1.165) is 33.6 Å². The van der Waals surface area contributed by atoms with E-state index < -0.39 is 24.6 Å². The Kier molecular flexibility index (Phi) is 9.70. The molecule has 0 aliphatic rings. The summed E-state index contributed by atoms with van der Waals surface area (Å²) in [7, 11) is 0. The Hall–Kier alpha value is -2.61. The van der Waals surface area contributed by atoms with Gasteiger partial charge >= 0.3 is 5.97 Å². The van der Waals surface area contributed by atoms with Crippen LogP contribution in [-0.4, -0.2) is 50.2 Å². The summed E-state index contributed by atoms with van der Waals surface area (Å²) in [4.78, 5) is 15.7. The smallest absolute Gasteiger partial charge is 0.305 e. The molecule has 33 heavy (non-hydrogen) atoms. The normalized spacial score (nSPS) is 13.8. The molecule has 0 unspecified atom stereocenters. The highest BCUT2D eigenvalue weighted by atomic mass is 19.1. The van der Waals surface area contributed by atoms with Gasteiger partial charge in [-0.1, -0.05) is 52.0 Å². The van der Waals surface area contributed by atoms with Crippen molar-refractivity contribution in [3.63, 3.8) is 0 Å². The van der Waals surface area contributed by atoms with Gasteiger partial charge in [-0.05, 0) is 47.1 Å². The molecule has 180 valence electrons. The van der Waals surface area contributed by atoms with Crippen LogP contribution in [0.15, 0.2) is 30.3 Å². The van der Waals surface area contributed by atoms with Gasteiger partial charge in [-0.15, -0.1) is 0 Å². The molecule has 1 aromatic heterocycles. The van der Waals surface area contributed by atoms with Crippen LogP contribution >= 0.6 is 0 Å². The van der Waals surface area contributed by atoms with Crippen molar-refractivity contribution in [1.29, 1.82) is 0 Å². The number of carboxylic acid groups (broad SMARTS) is 1. The van der Waals surface area contributed by atoms with Crippen molar-refractivity contribution in [2.75, 3.05) is 6.61 Å². The van der Waals surface area contributed by atoms with Gasteiger partial charge < -0.3 is 20.4 Å². The predicted molar refractivity (Wildman–Crippen MR) is 127 cm³/mol. The molecule has 0 aliphatic carbocycles. The van der Waals surface area contributed by atoms with E-state index in [1.807, 2.05) is 27.7 Å². The second-order valence-corrected chi connectivity index (χ2v) is 8.85. The van der Waals surface area contributed by atoms with Crippen molar-refractivity contribution >= 4 is 12.0 Å². The standard InChI is InChI=1S/C26H34FNO5/c1-15(2)25-21(10-9-19(30)13-20(31)14-23(32)33)24(17-5-7-18(27)8-6-17)22(11-12-29)26(28-25)16(3)4/h5-10,15-16,19-20,29-31H,11-14H2,1-4H3,(H,32,33)/t19-,20-/m1/s1. The lowest BCUT2D eigenvalue weighted by Gasteiger charge is -2.23. The van der Waals surface area contributed by atoms with Gasteiger partial charge in [0.25, 0.3) is 0 Å². The van der Waals surface area contributed by atoms with Crippen molar-refractivity contribution in [3.8, 4) is 11.1 Å². The van der Waals surface area contributed by atoms with Crippen molar-refractivity contribution in [3.05, 3.63) is 58.7 Å². The number of carboxylic acids is 1. The lowest BCUT2D eigenvalue weighted by molar-refractivity contribution is -0.139. The molecule has 6 nitrogen and oxygen atoms in total. The summed E-state index contributed by atoms with van der Waals surface area (Å²) in [5.74, 6) is -1.36. The minimum Gasteiger partial charge on any atom is -0.481 e. The number of aromatic nitrogens is 1. The first-order chi connectivity index (χ1) is 15.5. The van der Waals surface area contributed by atoms with Gasteiger partial charge in [0, 0.05) is 24.3 Å². The zero-order valence-electron chi connectivity index (χ0n) is 19.6. The Bertz CT molecular complexity index is 970. The van der Waals surface area contributed by atoms with Gasteiger partial charge in [0.15, 0.2) is 0 Å². The van der Waals surface area contributed by atoms with E-state index in [1.54, 1.807) is 18.2 Å². The van der Waals surface area contributed by atoms with Crippen molar-refractivity contribution in [1.82, 2.24) is 4.98 Å². The molecule has 2 rings (SSSR count). The Labute approximate surface area is 194 Å². The van der Waals surface area contributed by atoms with Crippen LogP contribution in [0.25, 0.3) is 17.2 Å². The Morgan fingerprint density at radius 1 is 1.06 bits per heavy atom. The maximum atomic E-state index is 13.7. The summed E-state index contributed by atoms with van der Waals surface area (Å²) in [6.07, 6.45) is 0.803. The SMILES string of the molecule is CC(C)c1nc(C(C)C)c(CCO)c(-c2ccc(F)cc2)c1C=C[C@@H](O)C[C@@H](O)CC(=O)O. The molecule has 0 spiro atoms. The first-order valence-electron chi connectivity index (χ1n) is 11.2. The number of halogens is 1. The molecule has 7 heteroatoms. The zero-order valence-corrected chi connectivity index (χ0v) is 19.6. The number of pyridine rings is 1. The van der Waals surface area contributed by atoms with E-state index in [4.69, 9.17) is 10.1 Å². The van der Waals surface area contributed by atoms with Crippen molar-refractivity contribution in [2.45, 2.75) is 71.0 Å². The van der Waals surface area contributed by atoms with Gasteiger partial charge in [0.05, 0.1) is 24.3 Å². The van der Waals surface area contributed by atoms with Gasteiger partial charge in [0.2, 0.25) is 0 Å². The summed E-state index contributed by atoms with van der Waals surface area (Å²) in [5, 5.41) is 38.8. The van der Waals surface area contributed by atoms with Crippen LogP contribution in [0, 0.1) is 5.82 Å². The third-order valence-corrected chi connectivity index (χ3v) is 5.39. The monoisotopic (exact) mass is 459 g/mol. The van der Waals surface area contributed by atoms with Crippen LogP contribution in [0.3, 0.4) is 0 Å². The molecule has 0 amide bonds. The van der Waals surface area contributed by atoms with Crippen LogP contribution in [0.5, 0.6) is 0 Å². The summed E-state index contributed by atoms with van der Waals surface area (Å²) < 4.78 is 13.7. The fraction of sp³-hybridized carbons (Fsp3) is 0.462. The highest BCUT2D eigenvalue weighted by Crippen LogP contribution is 2.37. The predicted octanol–water partition coefficient (Wildman–Crippen LogP) is 4.27. The lowest BCUT2D eigenvalue weighted by atomic mass is 9.85. The van der Waals surface area contributed by atoms with Crippen LogP contribution in [0.1, 0.15) is 74.9 Å². The maximum Gasteiger partial charge on any atom is 0.305 e. The van der Waals surface area contributed by atoms with Gasteiger partial charge in [-0.2, -0.15) is 0 Å². The molecule has 0 aliphatic heterocycles. The summed E-state index contributed by atoms with van der Waals surface area (Å²) >= 11 is 0. The zero-order chi connectivity index (χ0) is 24.7. The number of aliphatic hydroxyl groups is 3. The Balaban J connectivity index is 2.69. The van der Waals surface area contributed by atoms with Crippen molar-refractivity contribution in [2.24, 2.45) is 0 Å². The molecule has 2 atom stereocenters. The third-order valence-electron chi connectivity index (χ3n) is 5.39. The fourth-order valence-electron chi connectivity index (χ4n) is 3.92. The average Bonchev–Trinajstić information content (AvgIpc) is 2.72. The molecule has 0 bridgehead atoms. The summed E-state index contributed by atoms with van der Waals surface area (Å²) in [5.41, 5.74) is 4.86. The van der Waals surface area contributed by atoms with Crippen LogP contribution in [0.4, 0.5) is 4.39 Å². The van der Waals surface area contributed by atoms with Crippen LogP contribution in [-0.2, 0) is 11.2 Å². The molecule has 0 fully saturated rings. The Morgan fingerprint density at radius 3 is 2.18 bits per heavy atom. The number of benzene rings is 1. The average molecular weight is 460 g/mol.